The van der Waals surface area contributed by atoms with Crippen LogP contribution in [-0.2, 0) is 4.79 Å². The number of benzene rings is 2. The number of hydrogen-bond donors (Lipinski definition) is 2. The summed E-state index contributed by atoms with van der Waals surface area (Å²) >= 11 is 0. The Labute approximate surface area is 143 Å². The summed E-state index contributed by atoms with van der Waals surface area (Å²) in [7, 11) is 0. The number of aromatic nitrogens is 1. The number of hydrogen-bond acceptors (Lipinski definition) is 2. The number of nitrogens with one attached hydrogen (secondary N) is 2. The van der Waals surface area contributed by atoms with Crippen LogP contribution in [-0.4, -0.2) is 23.3 Å². The van der Waals surface area contributed by atoms with E-state index in [1.54, 1.807) is 29.2 Å². The highest BCUT2D eigenvalue weighted by atomic mass is 19.1. The number of anilines is 2. The highest BCUT2D eigenvalue weighted by molar-refractivity contribution is 6.06. The van der Waals surface area contributed by atoms with E-state index in [9.17, 15) is 14.0 Å². The van der Waals surface area contributed by atoms with Crippen LogP contribution in [0.15, 0.2) is 48.5 Å². The Morgan fingerprint density at radius 1 is 1.12 bits per heavy atom. The lowest BCUT2D eigenvalue weighted by Gasteiger charge is -2.16. The van der Waals surface area contributed by atoms with E-state index in [0.29, 0.717) is 28.7 Å². The van der Waals surface area contributed by atoms with E-state index < -0.39 is 0 Å². The van der Waals surface area contributed by atoms with Crippen LogP contribution in [0.25, 0.3) is 10.9 Å². The SMILES string of the molecule is O=C(Nc1ccc(N2CCCC2=O)cc1)c1cc2cc(F)ccc2[nH]1. The summed E-state index contributed by atoms with van der Waals surface area (Å²) in [5.74, 6) is -0.519. The molecule has 1 aliphatic rings. The Hall–Kier alpha value is -3.15. The Morgan fingerprint density at radius 2 is 1.92 bits per heavy atom. The molecular formula is C19H16FN3O2. The van der Waals surface area contributed by atoms with Crippen molar-refractivity contribution in [2.24, 2.45) is 0 Å². The van der Waals surface area contributed by atoms with Crippen LogP contribution in [0.5, 0.6) is 0 Å². The number of nitrogens with zero attached hydrogens (tertiary/aromatic N) is 1. The molecule has 2 N–H and O–H groups in total. The molecule has 1 fully saturated rings. The summed E-state index contributed by atoms with van der Waals surface area (Å²) in [5.41, 5.74) is 2.53. The molecule has 2 aromatic carbocycles. The Kier molecular flexibility index (Phi) is 3.72. The van der Waals surface area contributed by atoms with Crippen molar-refractivity contribution in [3.05, 3.63) is 60.0 Å². The van der Waals surface area contributed by atoms with Crippen molar-refractivity contribution in [1.29, 1.82) is 0 Å². The van der Waals surface area contributed by atoms with Crippen molar-refractivity contribution in [3.63, 3.8) is 0 Å². The van der Waals surface area contributed by atoms with Gasteiger partial charge in [-0.05, 0) is 55.0 Å². The first-order valence-corrected chi connectivity index (χ1v) is 8.10. The van der Waals surface area contributed by atoms with Gasteiger partial charge in [-0.1, -0.05) is 0 Å². The molecule has 0 aliphatic carbocycles. The number of halogens is 1. The van der Waals surface area contributed by atoms with Crippen molar-refractivity contribution >= 4 is 34.1 Å². The topological polar surface area (TPSA) is 65.2 Å². The first-order chi connectivity index (χ1) is 12.1. The minimum Gasteiger partial charge on any atom is -0.351 e. The largest absolute Gasteiger partial charge is 0.351 e. The molecule has 1 saturated heterocycles. The summed E-state index contributed by atoms with van der Waals surface area (Å²) < 4.78 is 13.2. The van der Waals surface area contributed by atoms with Crippen LogP contribution in [0.2, 0.25) is 0 Å². The second-order valence-corrected chi connectivity index (χ2v) is 6.06. The lowest BCUT2D eigenvalue weighted by molar-refractivity contribution is -0.117. The van der Waals surface area contributed by atoms with Gasteiger partial charge in [-0.3, -0.25) is 9.59 Å². The molecule has 1 aromatic heterocycles. The zero-order valence-corrected chi connectivity index (χ0v) is 13.4. The highest BCUT2D eigenvalue weighted by Crippen LogP contribution is 2.23. The third-order valence-electron chi connectivity index (χ3n) is 4.34. The summed E-state index contributed by atoms with van der Waals surface area (Å²) in [5, 5.41) is 3.44. The molecule has 25 heavy (non-hydrogen) atoms. The van der Waals surface area contributed by atoms with E-state index >= 15 is 0 Å². The number of H-pyrrole nitrogens is 1. The van der Waals surface area contributed by atoms with E-state index in [-0.39, 0.29) is 17.6 Å². The fraction of sp³-hybridized carbons (Fsp3) is 0.158. The Balaban J connectivity index is 1.50. The molecule has 0 spiro atoms. The average Bonchev–Trinajstić information content (AvgIpc) is 3.21. The van der Waals surface area contributed by atoms with Gasteiger partial charge in [-0.25, -0.2) is 4.39 Å². The maximum absolute atomic E-state index is 13.2. The molecule has 2 heterocycles. The molecule has 0 bridgehead atoms. The predicted molar refractivity (Wildman–Crippen MR) is 94.2 cm³/mol. The first kappa shape index (κ1) is 15.4. The van der Waals surface area contributed by atoms with Crippen LogP contribution in [0, 0.1) is 5.82 Å². The molecular weight excluding hydrogens is 321 g/mol. The van der Waals surface area contributed by atoms with Crippen LogP contribution < -0.4 is 10.2 Å². The number of rotatable bonds is 3. The van der Waals surface area contributed by atoms with Crippen molar-refractivity contribution in [2.75, 3.05) is 16.8 Å². The molecule has 0 atom stereocenters. The van der Waals surface area contributed by atoms with Gasteiger partial charge in [-0.15, -0.1) is 0 Å². The summed E-state index contributed by atoms with van der Waals surface area (Å²) in [6.45, 7) is 0.732. The zero-order chi connectivity index (χ0) is 17.4. The molecule has 2 amide bonds. The second kappa shape index (κ2) is 6.05. The minimum absolute atomic E-state index is 0.127. The van der Waals surface area contributed by atoms with E-state index in [0.717, 1.165) is 18.7 Å². The predicted octanol–water partition coefficient (Wildman–Crippen LogP) is 3.69. The average molecular weight is 337 g/mol. The minimum atomic E-state index is -0.342. The van der Waals surface area contributed by atoms with Crippen molar-refractivity contribution in [2.45, 2.75) is 12.8 Å². The summed E-state index contributed by atoms with van der Waals surface area (Å²) in [4.78, 5) is 28.8. The fourth-order valence-electron chi connectivity index (χ4n) is 3.07. The molecule has 6 heteroatoms. The number of carbonyl (C=O) groups is 2. The molecule has 0 saturated carbocycles. The van der Waals surface area contributed by atoms with Crippen LogP contribution in [0.3, 0.4) is 0 Å². The Bertz CT molecular complexity index is 962. The van der Waals surface area contributed by atoms with Gasteiger partial charge >= 0.3 is 0 Å². The smallest absolute Gasteiger partial charge is 0.272 e. The summed E-state index contributed by atoms with van der Waals surface area (Å²) in [6.07, 6.45) is 1.46. The van der Waals surface area contributed by atoms with Gasteiger partial charge in [0, 0.05) is 35.2 Å². The van der Waals surface area contributed by atoms with Gasteiger partial charge in [0.05, 0.1) is 0 Å². The number of aromatic amines is 1. The van der Waals surface area contributed by atoms with E-state index in [4.69, 9.17) is 0 Å². The van der Waals surface area contributed by atoms with Crippen LogP contribution in [0.1, 0.15) is 23.3 Å². The summed E-state index contributed by atoms with van der Waals surface area (Å²) in [6, 6.07) is 13.1. The number of amides is 2. The molecule has 4 rings (SSSR count). The quantitative estimate of drug-likeness (QED) is 0.765. The van der Waals surface area contributed by atoms with Gasteiger partial charge in [0.15, 0.2) is 0 Å². The standard InChI is InChI=1S/C19H16FN3O2/c20-13-3-8-16-12(10-13)11-17(22-16)19(25)21-14-4-6-15(7-5-14)23-9-1-2-18(23)24/h3-8,10-11,22H,1-2,9H2,(H,21,25). The van der Waals surface area contributed by atoms with Crippen LogP contribution >= 0.6 is 0 Å². The molecule has 1 aliphatic heterocycles. The van der Waals surface area contributed by atoms with Crippen molar-refractivity contribution in [3.8, 4) is 0 Å². The lowest BCUT2D eigenvalue weighted by Crippen LogP contribution is -2.23. The van der Waals surface area contributed by atoms with E-state index in [1.807, 2.05) is 12.1 Å². The maximum atomic E-state index is 13.2. The van der Waals surface area contributed by atoms with Gasteiger partial charge in [-0.2, -0.15) is 0 Å². The van der Waals surface area contributed by atoms with Crippen molar-refractivity contribution < 1.29 is 14.0 Å². The van der Waals surface area contributed by atoms with Gasteiger partial charge in [0.25, 0.3) is 5.91 Å². The molecule has 0 radical (unpaired) electrons. The molecule has 3 aromatic rings. The zero-order valence-electron chi connectivity index (χ0n) is 13.4. The maximum Gasteiger partial charge on any atom is 0.272 e. The monoisotopic (exact) mass is 337 g/mol. The third kappa shape index (κ3) is 2.98. The van der Waals surface area contributed by atoms with Gasteiger partial charge in [0.2, 0.25) is 5.91 Å². The van der Waals surface area contributed by atoms with E-state index in [2.05, 4.69) is 10.3 Å². The fourth-order valence-corrected chi connectivity index (χ4v) is 3.07. The Morgan fingerprint density at radius 3 is 2.64 bits per heavy atom. The third-order valence-corrected chi connectivity index (χ3v) is 4.34. The molecule has 126 valence electrons. The first-order valence-electron chi connectivity index (χ1n) is 8.10. The van der Waals surface area contributed by atoms with E-state index in [1.165, 1.54) is 12.1 Å². The van der Waals surface area contributed by atoms with Crippen molar-refractivity contribution in [1.82, 2.24) is 4.98 Å². The van der Waals surface area contributed by atoms with Gasteiger partial charge < -0.3 is 15.2 Å². The van der Waals surface area contributed by atoms with Gasteiger partial charge in [0.1, 0.15) is 11.5 Å². The second-order valence-electron chi connectivity index (χ2n) is 6.06. The number of carbonyl (C=O) groups excluding carboxylic acids is 2. The lowest BCUT2D eigenvalue weighted by atomic mass is 10.2. The highest BCUT2D eigenvalue weighted by Gasteiger charge is 2.21. The normalized spacial score (nSPS) is 14.3. The van der Waals surface area contributed by atoms with Crippen LogP contribution in [0.4, 0.5) is 15.8 Å². The molecule has 5 nitrogen and oxygen atoms in total. The molecule has 0 unspecified atom stereocenters. The number of fused-ring (bicyclic) bond motifs is 1.